The zero-order valence-corrected chi connectivity index (χ0v) is 11.7. The summed E-state index contributed by atoms with van der Waals surface area (Å²) < 4.78 is 10.5. The van der Waals surface area contributed by atoms with Crippen LogP contribution in [-0.2, 0) is 19.1 Å². The summed E-state index contributed by atoms with van der Waals surface area (Å²) in [4.78, 5) is 22.7. The summed E-state index contributed by atoms with van der Waals surface area (Å²) >= 11 is 0. The van der Waals surface area contributed by atoms with Crippen LogP contribution in [0, 0.1) is 5.92 Å². The molecule has 0 bridgehead atoms. The van der Waals surface area contributed by atoms with Gasteiger partial charge in [-0.05, 0) is 38.0 Å². The normalized spacial score (nSPS) is 35.4. The smallest absolute Gasteiger partial charge is 0.303 e. The molecule has 0 aromatic rings. The van der Waals surface area contributed by atoms with E-state index < -0.39 is 6.10 Å². The molecule has 1 saturated heterocycles. The fraction of sp³-hybridized carbons (Fsp3) is 0.857. The first-order valence-corrected chi connectivity index (χ1v) is 7.06. The van der Waals surface area contributed by atoms with Gasteiger partial charge in [-0.3, -0.25) is 9.59 Å². The Morgan fingerprint density at radius 3 is 2.58 bits per heavy atom. The minimum Gasteiger partial charge on any atom is -0.453 e. The number of nitrogens with one attached hydrogen (secondary N) is 1. The first kappa shape index (κ1) is 14.5. The summed E-state index contributed by atoms with van der Waals surface area (Å²) in [5.74, 6) is 0.203. The van der Waals surface area contributed by atoms with Crippen LogP contribution >= 0.6 is 0 Å². The number of ether oxygens (including phenoxy) is 2. The highest BCUT2D eigenvalue weighted by molar-refractivity contribution is 5.89. The van der Waals surface area contributed by atoms with Crippen molar-refractivity contribution in [2.24, 2.45) is 5.92 Å². The van der Waals surface area contributed by atoms with Gasteiger partial charge in [-0.2, -0.15) is 0 Å². The van der Waals surface area contributed by atoms with Gasteiger partial charge < -0.3 is 14.8 Å². The van der Waals surface area contributed by atoms with Crippen molar-refractivity contribution in [2.45, 2.75) is 57.3 Å². The van der Waals surface area contributed by atoms with Crippen molar-refractivity contribution in [1.82, 2.24) is 5.32 Å². The fourth-order valence-electron chi connectivity index (χ4n) is 3.16. The van der Waals surface area contributed by atoms with Gasteiger partial charge in [0, 0.05) is 14.0 Å². The fourth-order valence-corrected chi connectivity index (χ4v) is 3.16. The molecule has 0 aromatic carbocycles. The van der Waals surface area contributed by atoms with Crippen molar-refractivity contribution in [2.75, 3.05) is 13.7 Å². The molecule has 108 valence electrons. The van der Waals surface area contributed by atoms with Gasteiger partial charge in [0.2, 0.25) is 0 Å². The van der Waals surface area contributed by atoms with Crippen LogP contribution in [0.2, 0.25) is 0 Å². The number of hydrogen-bond donors (Lipinski definition) is 1. The highest BCUT2D eigenvalue weighted by Gasteiger charge is 2.38. The molecule has 2 fully saturated rings. The van der Waals surface area contributed by atoms with Crippen molar-refractivity contribution in [3.63, 3.8) is 0 Å². The number of carbonyl (C=O) groups excluding carboxylic acids is 2. The molecule has 0 aromatic heterocycles. The molecule has 1 saturated carbocycles. The maximum atomic E-state index is 11.7. The molecular weight excluding hydrogens is 246 g/mol. The standard InChI is InChI=1S/C14H23NO4/c1-9(16)19-14-12(15-8-13(14)17)7-10-3-5-11(18-2)6-4-10/h10-12,14-15H,3-8H2,1-2H3. The lowest BCUT2D eigenvalue weighted by atomic mass is 9.82. The van der Waals surface area contributed by atoms with E-state index in [2.05, 4.69) is 5.32 Å². The minimum atomic E-state index is -0.586. The van der Waals surface area contributed by atoms with Gasteiger partial charge in [0.1, 0.15) is 0 Å². The van der Waals surface area contributed by atoms with Gasteiger partial charge in [-0.25, -0.2) is 0 Å². The maximum absolute atomic E-state index is 11.7. The molecule has 2 atom stereocenters. The van der Waals surface area contributed by atoms with Gasteiger partial charge in [0.25, 0.3) is 0 Å². The number of methoxy groups -OCH3 is 1. The van der Waals surface area contributed by atoms with E-state index in [-0.39, 0.29) is 17.8 Å². The zero-order chi connectivity index (χ0) is 13.8. The Hall–Kier alpha value is -0.940. The van der Waals surface area contributed by atoms with Crippen molar-refractivity contribution < 1.29 is 19.1 Å². The monoisotopic (exact) mass is 269 g/mol. The SMILES string of the molecule is COC1CCC(CC2NCC(=O)C2OC(C)=O)CC1. The van der Waals surface area contributed by atoms with Crippen molar-refractivity contribution in [3.05, 3.63) is 0 Å². The summed E-state index contributed by atoms with van der Waals surface area (Å²) in [6.45, 7) is 1.67. The summed E-state index contributed by atoms with van der Waals surface area (Å²) in [7, 11) is 1.76. The van der Waals surface area contributed by atoms with Gasteiger partial charge in [-0.15, -0.1) is 0 Å². The number of hydrogen-bond acceptors (Lipinski definition) is 5. The van der Waals surface area contributed by atoms with Crippen LogP contribution in [0.3, 0.4) is 0 Å². The van der Waals surface area contributed by atoms with E-state index >= 15 is 0 Å². The molecule has 0 spiro atoms. The van der Waals surface area contributed by atoms with Crippen LogP contribution in [0.1, 0.15) is 39.0 Å². The first-order chi connectivity index (χ1) is 9.10. The molecular formula is C14H23NO4. The molecule has 0 amide bonds. The molecule has 1 heterocycles. The Labute approximate surface area is 114 Å². The molecule has 2 rings (SSSR count). The molecule has 1 N–H and O–H groups in total. The third-order valence-corrected chi connectivity index (χ3v) is 4.23. The van der Waals surface area contributed by atoms with E-state index in [9.17, 15) is 9.59 Å². The van der Waals surface area contributed by atoms with Crippen molar-refractivity contribution in [1.29, 1.82) is 0 Å². The number of ketones is 1. The van der Waals surface area contributed by atoms with Crippen LogP contribution in [0.4, 0.5) is 0 Å². The highest BCUT2D eigenvalue weighted by Crippen LogP contribution is 2.30. The lowest BCUT2D eigenvalue weighted by Gasteiger charge is -2.30. The third-order valence-electron chi connectivity index (χ3n) is 4.23. The van der Waals surface area contributed by atoms with Crippen molar-refractivity contribution >= 4 is 11.8 Å². The minimum absolute atomic E-state index is 0.00854. The average Bonchev–Trinajstić information content (AvgIpc) is 2.72. The van der Waals surface area contributed by atoms with Crippen LogP contribution in [0.5, 0.6) is 0 Å². The van der Waals surface area contributed by atoms with Gasteiger partial charge in [0.15, 0.2) is 11.9 Å². The van der Waals surface area contributed by atoms with Crippen LogP contribution in [0.25, 0.3) is 0 Å². The van der Waals surface area contributed by atoms with Gasteiger partial charge in [-0.1, -0.05) is 0 Å². The molecule has 5 nitrogen and oxygen atoms in total. The lowest BCUT2D eigenvalue weighted by Crippen LogP contribution is -2.37. The Morgan fingerprint density at radius 1 is 1.32 bits per heavy atom. The Bertz CT molecular complexity index is 336. The molecule has 2 aliphatic rings. The Balaban J connectivity index is 1.84. The summed E-state index contributed by atoms with van der Waals surface area (Å²) in [5, 5.41) is 3.18. The van der Waals surface area contributed by atoms with Crippen LogP contribution in [-0.4, -0.2) is 43.7 Å². The molecule has 5 heteroatoms. The van der Waals surface area contributed by atoms with E-state index in [1.54, 1.807) is 7.11 Å². The van der Waals surface area contributed by atoms with Crippen LogP contribution in [0.15, 0.2) is 0 Å². The summed E-state index contributed by atoms with van der Waals surface area (Å²) in [5.41, 5.74) is 0. The predicted molar refractivity (Wildman–Crippen MR) is 69.7 cm³/mol. The van der Waals surface area contributed by atoms with Crippen LogP contribution < -0.4 is 5.32 Å². The van der Waals surface area contributed by atoms with E-state index in [0.29, 0.717) is 18.6 Å². The number of rotatable bonds is 4. The number of carbonyl (C=O) groups is 2. The quantitative estimate of drug-likeness (QED) is 0.773. The zero-order valence-electron chi connectivity index (χ0n) is 11.7. The number of Topliss-reactive ketones (excluding diaryl/α,β-unsaturated/α-hetero) is 1. The molecule has 19 heavy (non-hydrogen) atoms. The van der Waals surface area contributed by atoms with E-state index in [4.69, 9.17) is 9.47 Å². The summed E-state index contributed by atoms with van der Waals surface area (Å²) in [6.07, 6.45) is 5.12. The van der Waals surface area contributed by atoms with E-state index in [1.165, 1.54) is 6.92 Å². The van der Waals surface area contributed by atoms with Crippen molar-refractivity contribution in [3.8, 4) is 0 Å². The molecule has 2 unspecified atom stereocenters. The van der Waals surface area contributed by atoms with Gasteiger partial charge in [0.05, 0.1) is 18.7 Å². The highest BCUT2D eigenvalue weighted by atomic mass is 16.5. The molecule has 1 aliphatic carbocycles. The second-order valence-electron chi connectivity index (χ2n) is 5.60. The second kappa shape index (κ2) is 6.48. The van der Waals surface area contributed by atoms with Gasteiger partial charge >= 0.3 is 5.97 Å². The predicted octanol–water partition coefficient (Wildman–Crippen LogP) is 1.05. The maximum Gasteiger partial charge on any atom is 0.303 e. The second-order valence-corrected chi connectivity index (χ2v) is 5.60. The Morgan fingerprint density at radius 2 is 2.00 bits per heavy atom. The summed E-state index contributed by atoms with van der Waals surface area (Å²) in [6, 6.07) is -0.0134. The largest absolute Gasteiger partial charge is 0.453 e. The Kier molecular flexibility index (Phi) is 4.93. The first-order valence-electron chi connectivity index (χ1n) is 7.06. The topological polar surface area (TPSA) is 64.6 Å². The molecule has 1 aliphatic heterocycles. The van der Waals surface area contributed by atoms with E-state index in [1.807, 2.05) is 0 Å². The molecule has 0 radical (unpaired) electrons. The average molecular weight is 269 g/mol. The third kappa shape index (κ3) is 3.76. The number of esters is 1. The lowest BCUT2D eigenvalue weighted by molar-refractivity contribution is -0.152. The van der Waals surface area contributed by atoms with E-state index in [0.717, 1.165) is 32.1 Å².